The number of benzene rings is 2. The highest BCUT2D eigenvalue weighted by Gasteiger charge is 2.18. The number of thioether (sulfide) groups is 1. The van der Waals surface area contributed by atoms with Gasteiger partial charge in [-0.05, 0) is 24.5 Å². The molecular weight excluding hydrogens is 496 g/mol. The monoisotopic (exact) mass is 532 g/mol. The second kappa shape index (κ2) is 14.5. The summed E-state index contributed by atoms with van der Waals surface area (Å²) in [6.07, 6.45) is 3.20. The van der Waals surface area contributed by atoms with Crippen LogP contribution in [-0.2, 0) is 16.1 Å². The van der Waals surface area contributed by atoms with Crippen molar-refractivity contribution in [2.24, 2.45) is 0 Å². The Labute approximate surface area is 228 Å². The lowest BCUT2D eigenvalue weighted by Crippen LogP contribution is -2.29. The molecule has 4 rings (SSSR count). The van der Waals surface area contributed by atoms with Gasteiger partial charge in [0.05, 0.1) is 24.7 Å². The van der Waals surface area contributed by atoms with Gasteiger partial charge in [-0.2, -0.15) is 5.10 Å². The maximum Gasteiger partial charge on any atom is 0.221 e. The Balaban J connectivity index is 1.42. The number of carbonyl (C=O) groups excluding carboxylic acids is 1. The molecule has 4 aromatic rings. The van der Waals surface area contributed by atoms with Crippen LogP contribution in [-0.4, -0.2) is 57.7 Å². The van der Waals surface area contributed by atoms with Crippen LogP contribution in [0.2, 0.25) is 0 Å². The van der Waals surface area contributed by atoms with Gasteiger partial charge in [-0.15, -0.1) is 0 Å². The molecule has 0 saturated carbocycles. The molecule has 0 unspecified atom stereocenters. The quantitative estimate of drug-likeness (QED) is 0.125. The SMILES string of the molecule is CCCSc1nc(NCCOCC)c2cnn(CCNC(=O)CC(c3ccccc3)c3ccccc3)c2n1. The number of hydrogen-bond donors (Lipinski definition) is 2. The van der Waals surface area contributed by atoms with Crippen molar-refractivity contribution in [3.63, 3.8) is 0 Å². The highest BCUT2D eigenvalue weighted by atomic mass is 32.2. The van der Waals surface area contributed by atoms with E-state index in [1.54, 1.807) is 18.0 Å². The predicted molar refractivity (Wildman–Crippen MR) is 154 cm³/mol. The summed E-state index contributed by atoms with van der Waals surface area (Å²) < 4.78 is 7.29. The first-order valence-corrected chi connectivity index (χ1v) is 14.2. The number of amides is 1. The van der Waals surface area contributed by atoms with E-state index in [9.17, 15) is 4.79 Å². The van der Waals surface area contributed by atoms with Crippen LogP contribution in [0.5, 0.6) is 0 Å². The Kier molecular flexibility index (Phi) is 10.5. The van der Waals surface area contributed by atoms with Crippen LogP contribution in [0.4, 0.5) is 5.82 Å². The summed E-state index contributed by atoms with van der Waals surface area (Å²) in [5, 5.41) is 12.6. The molecule has 0 atom stereocenters. The van der Waals surface area contributed by atoms with E-state index in [1.165, 1.54) is 0 Å². The molecule has 0 aliphatic rings. The van der Waals surface area contributed by atoms with Crippen LogP contribution in [0.15, 0.2) is 72.0 Å². The lowest BCUT2D eigenvalue weighted by Gasteiger charge is -2.18. The van der Waals surface area contributed by atoms with Gasteiger partial charge in [-0.25, -0.2) is 14.6 Å². The van der Waals surface area contributed by atoms with E-state index in [2.05, 4.69) is 46.9 Å². The van der Waals surface area contributed by atoms with E-state index in [-0.39, 0.29) is 11.8 Å². The lowest BCUT2D eigenvalue weighted by molar-refractivity contribution is -0.121. The fourth-order valence-electron chi connectivity index (χ4n) is 4.24. The van der Waals surface area contributed by atoms with Crippen LogP contribution in [0.1, 0.15) is 43.7 Å². The molecule has 2 aromatic heterocycles. The molecule has 0 bridgehead atoms. The standard InChI is InChI=1S/C29H36N6O2S/c1-3-19-38-29-33-27(31-16-18-37-4-2)25-21-32-35(28(25)34-29)17-15-30-26(36)20-24(22-11-7-5-8-12-22)23-13-9-6-10-14-23/h5-14,21,24H,3-4,15-20H2,1-2H3,(H,30,36)(H,31,33,34). The zero-order valence-corrected chi connectivity index (χ0v) is 22.9. The van der Waals surface area contributed by atoms with E-state index in [4.69, 9.17) is 14.7 Å². The molecule has 9 heteroatoms. The Morgan fingerprint density at radius 2 is 1.71 bits per heavy atom. The number of fused-ring (bicyclic) bond motifs is 1. The molecule has 0 spiro atoms. The van der Waals surface area contributed by atoms with Crippen molar-refractivity contribution in [2.45, 2.75) is 44.3 Å². The van der Waals surface area contributed by atoms with Gasteiger partial charge in [0.1, 0.15) is 5.82 Å². The average Bonchev–Trinajstić information content (AvgIpc) is 3.36. The number of anilines is 1. The topological polar surface area (TPSA) is 94.0 Å². The third-order valence-electron chi connectivity index (χ3n) is 6.09. The summed E-state index contributed by atoms with van der Waals surface area (Å²) in [4.78, 5) is 22.5. The first-order valence-electron chi connectivity index (χ1n) is 13.2. The van der Waals surface area contributed by atoms with Gasteiger partial charge in [-0.3, -0.25) is 4.79 Å². The zero-order chi connectivity index (χ0) is 26.6. The van der Waals surface area contributed by atoms with Gasteiger partial charge in [-0.1, -0.05) is 79.3 Å². The fourth-order valence-corrected chi connectivity index (χ4v) is 4.93. The molecule has 38 heavy (non-hydrogen) atoms. The molecule has 8 nitrogen and oxygen atoms in total. The first-order chi connectivity index (χ1) is 18.7. The summed E-state index contributed by atoms with van der Waals surface area (Å²) >= 11 is 1.63. The summed E-state index contributed by atoms with van der Waals surface area (Å²) in [6, 6.07) is 20.4. The number of nitrogens with zero attached hydrogens (tertiary/aromatic N) is 4. The Morgan fingerprint density at radius 1 is 1.00 bits per heavy atom. The third kappa shape index (κ3) is 7.55. The van der Waals surface area contributed by atoms with Gasteiger partial charge >= 0.3 is 0 Å². The highest BCUT2D eigenvalue weighted by molar-refractivity contribution is 7.99. The van der Waals surface area contributed by atoms with Crippen molar-refractivity contribution in [2.75, 3.05) is 37.4 Å². The van der Waals surface area contributed by atoms with E-state index in [1.807, 2.05) is 48.0 Å². The molecular formula is C29H36N6O2S. The Hall–Kier alpha value is -3.43. The molecule has 0 fully saturated rings. The minimum absolute atomic E-state index is 0.000793. The molecule has 0 aliphatic carbocycles. The normalized spacial score (nSPS) is 11.2. The van der Waals surface area contributed by atoms with Crippen LogP contribution < -0.4 is 10.6 Å². The van der Waals surface area contributed by atoms with Gasteiger partial charge in [0.2, 0.25) is 5.91 Å². The minimum Gasteiger partial charge on any atom is -0.380 e. The van der Waals surface area contributed by atoms with Gasteiger partial charge in [0, 0.05) is 37.8 Å². The number of rotatable bonds is 15. The molecule has 0 saturated heterocycles. The summed E-state index contributed by atoms with van der Waals surface area (Å²) in [5.74, 6) is 1.71. The van der Waals surface area contributed by atoms with E-state index in [0.717, 1.165) is 45.3 Å². The number of carbonyl (C=O) groups is 1. The van der Waals surface area contributed by atoms with Crippen molar-refractivity contribution >= 4 is 34.5 Å². The van der Waals surface area contributed by atoms with Crippen LogP contribution in [0.3, 0.4) is 0 Å². The van der Waals surface area contributed by atoms with E-state index >= 15 is 0 Å². The van der Waals surface area contributed by atoms with Crippen LogP contribution >= 0.6 is 11.8 Å². The highest BCUT2D eigenvalue weighted by Crippen LogP contribution is 2.28. The summed E-state index contributed by atoms with van der Waals surface area (Å²) in [6.45, 7) is 7.04. The Bertz CT molecular complexity index is 1240. The molecule has 200 valence electrons. The first kappa shape index (κ1) is 27.6. The molecule has 1 amide bonds. The molecule has 2 aromatic carbocycles. The minimum atomic E-state index is -0.000793. The lowest BCUT2D eigenvalue weighted by atomic mass is 9.88. The van der Waals surface area contributed by atoms with Gasteiger partial charge in [0.15, 0.2) is 10.8 Å². The maximum absolute atomic E-state index is 13.0. The number of nitrogens with one attached hydrogen (secondary N) is 2. The van der Waals surface area contributed by atoms with Crippen molar-refractivity contribution in [1.82, 2.24) is 25.1 Å². The predicted octanol–water partition coefficient (Wildman–Crippen LogP) is 5.12. The van der Waals surface area contributed by atoms with Crippen molar-refractivity contribution in [3.8, 4) is 0 Å². The maximum atomic E-state index is 13.0. The molecule has 2 N–H and O–H groups in total. The molecule has 0 radical (unpaired) electrons. The van der Waals surface area contributed by atoms with Crippen LogP contribution in [0, 0.1) is 0 Å². The van der Waals surface area contributed by atoms with Gasteiger partial charge in [0.25, 0.3) is 0 Å². The average molecular weight is 533 g/mol. The van der Waals surface area contributed by atoms with Crippen LogP contribution in [0.25, 0.3) is 11.0 Å². The van der Waals surface area contributed by atoms with Gasteiger partial charge < -0.3 is 15.4 Å². The Morgan fingerprint density at radius 3 is 2.37 bits per heavy atom. The zero-order valence-electron chi connectivity index (χ0n) is 22.1. The number of ether oxygens (including phenoxy) is 1. The second-order valence-electron chi connectivity index (χ2n) is 8.86. The van der Waals surface area contributed by atoms with Crippen molar-refractivity contribution in [1.29, 1.82) is 0 Å². The molecule has 0 aliphatic heterocycles. The van der Waals surface area contributed by atoms with E-state index < -0.39 is 0 Å². The summed E-state index contributed by atoms with van der Waals surface area (Å²) in [7, 11) is 0. The van der Waals surface area contributed by atoms with E-state index in [0.29, 0.717) is 39.3 Å². The summed E-state index contributed by atoms with van der Waals surface area (Å²) in [5.41, 5.74) is 3.02. The smallest absolute Gasteiger partial charge is 0.221 e. The number of aromatic nitrogens is 4. The largest absolute Gasteiger partial charge is 0.380 e. The third-order valence-corrected chi connectivity index (χ3v) is 7.15. The second-order valence-corrected chi connectivity index (χ2v) is 9.92. The van der Waals surface area contributed by atoms with Crippen molar-refractivity contribution in [3.05, 3.63) is 78.0 Å². The number of hydrogen-bond acceptors (Lipinski definition) is 7. The van der Waals surface area contributed by atoms with Crippen molar-refractivity contribution < 1.29 is 9.53 Å². The fraction of sp³-hybridized carbons (Fsp3) is 0.379. The molecule has 2 heterocycles.